The van der Waals surface area contributed by atoms with Crippen LogP contribution >= 0.6 is 0 Å². The second-order valence-corrected chi connectivity index (χ2v) is 7.07. The first-order valence-electron chi connectivity index (χ1n) is 6.14. The SMILES string of the molecule is CNc1ccc(S(=O)(=O)NCC(C)(C)N(C)C)cc1. The fourth-order valence-corrected chi connectivity index (χ4v) is 2.52. The molecular formula is C13H23N3O2S. The maximum absolute atomic E-state index is 12.2. The molecule has 2 N–H and O–H groups in total. The van der Waals surface area contributed by atoms with Gasteiger partial charge in [-0.05, 0) is 52.2 Å². The van der Waals surface area contributed by atoms with Gasteiger partial charge in [0, 0.05) is 24.8 Å². The van der Waals surface area contributed by atoms with Gasteiger partial charge in [-0.25, -0.2) is 13.1 Å². The first-order valence-corrected chi connectivity index (χ1v) is 7.62. The molecule has 0 saturated carbocycles. The second-order valence-electron chi connectivity index (χ2n) is 5.31. The molecule has 0 spiro atoms. The van der Waals surface area contributed by atoms with Gasteiger partial charge < -0.3 is 10.2 Å². The molecule has 0 aliphatic rings. The lowest BCUT2D eigenvalue weighted by atomic mass is 10.1. The summed E-state index contributed by atoms with van der Waals surface area (Å²) in [6.07, 6.45) is 0. The molecule has 0 radical (unpaired) electrons. The number of benzene rings is 1. The molecule has 0 saturated heterocycles. The number of hydrogen-bond donors (Lipinski definition) is 2. The second kappa shape index (κ2) is 5.90. The molecule has 5 nitrogen and oxygen atoms in total. The van der Waals surface area contributed by atoms with Crippen LogP contribution in [0.4, 0.5) is 5.69 Å². The number of likely N-dealkylation sites (N-methyl/N-ethyl adjacent to an activating group) is 1. The predicted octanol–water partition coefficient (Wildman–Crippen LogP) is 1.35. The first-order chi connectivity index (χ1) is 8.69. The van der Waals surface area contributed by atoms with Crippen molar-refractivity contribution in [2.75, 3.05) is 33.0 Å². The molecular weight excluding hydrogens is 262 g/mol. The monoisotopic (exact) mass is 285 g/mol. The maximum atomic E-state index is 12.2. The van der Waals surface area contributed by atoms with Crippen LogP contribution in [0.1, 0.15) is 13.8 Å². The molecule has 0 bridgehead atoms. The molecule has 1 aromatic rings. The van der Waals surface area contributed by atoms with Gasteiger partial charge in [0.05, 0.1) is 4.90 Å². The lowest BCUT2D eigenvalue weighted by molar-refractivity contribution is 0.199. The Morgan fingerprint density at radius 1 is 1.16 bits per heavy atom. The Bertz CT molecular complexity index is 507. The van der Waals surface area contributed by atoms with Crippen LogP contribution in [-0.2, 0) is 10.0 Å². The summed E-state index contributed by atoms with van der Waals surface area (Å²) in [6, 6.07) is 6.67. The van der Waals surface area contributed by atoms with Crippen molar-refractivity contribution >= 4 is 15.7 Å². The highest BCUT2D eigenvalue weighted by Gasteiger charge is 2.24. The average Bonchev–Trinajstić information content (AvgIpc) is 2.36. The smallest absolute Gasteiger partial charge is 0.240 e. The highest BCUT2D eigenvalue weighted by atomic mass is 32.2. The standard InChI is InChI=1S/C13H23N3O2S/c1-13(2,16(4)5)10-15-19(17,18)12-8-6-11(14-3)7-9-12/h6-9,14-15H,10H2,1-5H3. The Kier molecular flexibility index (Phi) is 4.95. The summed E-state index contributed by atoms with van der Waals surface area (Å²) >= 11 is 0. The van der Waals surface area contributed by atoms with Gasteiger partial charge in [0.2, 0.25) is 10.0 Å². The van der Waals surface area contributed by atoms with Crippen LogP contribution in [0.3, 0.4) is 0 Å². The Balaban J connectivity index is 2.81. The van der Waals surface area contributed by atoms with Crippen molar-refractivity contribution in [3.05, 3.63) is 24.3 Å². The number of nitrogens with zero attached hydrogens (tertiary/aromatic N) is 1. The topological polar surface area (TPSA) is 61.4 Å². The highest BCUT2D eigenvalue weighted by molar-refractivity contribution is 7.89. The molecule has 1 aromatic carbocycles. The molecule has 1 rings (SSSR count). The summed E-state index contributed by atoms with van der Waals surface area (Å²) in [4.78, 5) is 2.26. The van der Waals surface area contributed by atoms with Crippen LogP contribution in [-0.4, -0.2) is 46.5 Å². The number of anilines is 1. The highest BCUT2D eigenvalue weighted by Crippen LogP contribution is 2.15. The number of rotatable bonds is 6. The van der Waals surface area contributed by atoms with E-state index < -0.39 is 10.0 Å². The van der Waals surface area contributed by atoms with Crippen molar-refractivity contribution in [3.63, 3.8) is 0 Å². The summed E-state index contributed by atoms with van der Waals surface area (Å²) in [5.74, 6) is 0. The maximum Gasteiger partial charge on any atom is 0.240 e. The molecule has 0 heterocycles. The van der Waals surface area contributed by atoms with Gasteiger partial charge in [-0.15, -0.1) is 0 Å². The van der Waals surface area contributed by atoms with Crippen molar-refractivity contribution in [1.82, 2.24) is 9.62 Å². The van der Waals surface area contributed by atoms with E-state index in [2.05, 4.69) is 10.0 Å². The Hall–Kier alpha value is -1.11. The van der Waals surface area contributed by atoms with Gasteiger partial charge in [0.25, 0.3) is 0 Å². The molecule has 0 atom stereocenters. The number of sulfonamides is 1. The van der Waals surface area contributed by atoms with Gasteiger partial charge in [-0.2, -0.15) is 0 Å². The van der Waals surface area contributed by atoms with Crippen LogP contribution in [0.5, 0.6) is 0 Å². The largest absolute Gasteiger partial charge is 0.388 e. The molecule has 0 aliphatic heterocycles. The van der Waals surface area contributed by atoms with Crippen molar-refractivity contribution in [3.8, 4) is 0 Å². The average molecular weight is 285 g/mol. The predicted molar refractivity (Wildman–Crippen MR) is 78.9 cm³/mol. The van der Waals surface area contributed by atoms with Crippen molar-refractivity contribution in [2.24, 2.45) is 0 Å². The zero-order valence-electron chi connectivity index (χ0n) is 12.2. The van der Waals surface area contributed by atoms with Crippen LogP contribution < -0.4 is 10.0 Å². The molecule has 0 fully saturated rings. The Labute approximate surface area is 116 Å². The third-order valence-electron chi connectivity index (χ3n) is 3.36. The third-order valence-corrected chi connectivity index (χ3v) is 4.78. The van der Waals surface area contributed by atoms with Crippen LogP contribution in [0.2, 0.25) is 0 Å². The van der Waals surface area contributed by atoms with Crippen LogP contribution in [0.15, 0.2) is 29.2 Å². The normalized spacial score (nSPS) is 12.7. The molecule has 0 unspecified atom stereocenters. The summed E-state index contributed by atoms with van der Waals surface area (Å²) in [5, 5.41) is 2.95. The Morgan fingerprint density at radius 2 is 1.68 bits per heavy atom. The van der Waals surface area contributed by atoms with E-state index in [-0.39, 0.29) is 10.4 Å². The van der Waals surface area contributed by atoms with E-state index >= 15 is 0 Å². The van der Waals surface area contributed by atoms with Crippen LogP contribution in [0, 0.1) is 0 Å². The minimum Gasteiger partial charge on any atom is -0.388 e. The Morgan fingerprint density at radius 3 is 2.11 bits per heavy atom. The third kappa shape index (κ3) is 4.19. The van der Waals surface area contributed by atoms with Gasteiger partial charge >= 0.3 is 0 Å². The van der Waals surface area contributed by atoms with E-state index in [1.807, 2.05) is 32.8 Å². The summed E-state index contributed by atoms with van der Waals surface area (Å²) in [5.41, 5.74) is 0.644. The fourth-order valence-electron chi connectivity index (χ4n) is 1.31. The van der Waals surface area contributed by atoms with Gasteiger partial charge in [0.1, 0.15) is 0 Å². The first kappa shape index (κ1) is 15.9. The quantitative estimate of drug-likeness (QED) is 0.828. The van der Waals surface area contributed by atoms with E-state index in [1.54, 1.807) is 31.3 Å². The zero-order valence-corrected chi connectivity index (χ0v) is 13.0. The van der Waals surface area contributed by atoms with Crippen LogP contribution in [0.25, 0.3) is 0 Å². The lowest BCUT2D eigenvalue weighted by Gasteiger charge is -2.32. The minimum atomic E-state index is -3.46. The minimum absolute atomic E-state index is 0.238. The van der Waals surface area contributed by atoms with E-state index in [0.29, 0.717) is 6.54 Å². The summed E-state index contributed by atoms with van der Waals surface area (Å²) in [7, 11) is 2.19. The fraction of sp³-hybridized carbons (Fsp3) is 0.538. The van der Waals surface area contributed by atoms with Gasteiger partial charge in [-0.1, -0.05) is 0 Å². The van der Waals surface area contributed by atoms with E-state index in [1.165, 1.54) is 0 Å². The van der Waals surface area contributed by atoms with E-state index in [4.69, 9.17) is 0 Å². The molecule has 19 heavy (non-hydrogen) atoms. The molecule has 6 heteroatoms. The van der Waals surface area contributed by atoms with Crippen molar-refractivity contribution in [1.29, 1.82) is 0 Å². The molecule has 108 valence electrons. The lowest BCUT2D eigenvalue weighted by Crippen LogP contribution is -2.48. The molecule has 0 amide bonds. The summed E-state index contributed by atoms with van der Waals surface area (Å²) in [6.45, 7) is 4.33. The number of hydrogen-bond acceptors (Lipinski definition) is 4. The van der Waals surface area contributed by atoms with E-state index in [9.17, 15) is 8.42 Å². The van der Waals surface area contributed by atoms with Crippen molar-refractivity contribution < 1.29 is 8.42 Å². The summed E-state index contributed by atoms with van der Waals surface area (Å²) < 4.78 is 26.9. The number of nitrogens with one attached hydrogen (secondary N) is 2. The van der Waals surface area contributed by atoms with E-state index in [0.717, 1.165) is 5.69 Å². The van der Waals surface area contributed by atoms with Gasteiger partial charge in [0.15, 0.2) is 0 Å². The molecule has 0 aromatic heterocycles. The molecule has 0 aliphatic carbocycles. The van der Waals surface area contributed by atoms with Crippen molar-refractivity contribution in [2.45, 2.75) is 24.3 Å². The zero-order chi connectivity index (χ0) is 14.7. The van der Waals surface area contributed by atoms with Gasteiger partial charge in [-0.3, -0.25) is 0 Å².